The number of rotatable bonds is 5. The Morgan fingerprint density at radius 1 is 1.11 bits per heavy atom. The number of benzene rings is 1. The number of nitrogens with zero attached hydrogens (tertiary/aromatic N) is 5. The fraction of sp³-hybridized carbons (Fsp3) is 0.158. The predicted octanol–water partition coefficient (Wildman–Crippen LogP) is 4.16. The van der Waals surface area contributed by atoms with Crippen molar-refractivity contribution in [2.45, 2.75) is 20.3 Å². The summed E-state index contributed by atoms with van der Waals surface area (Å²) in [6.45, 7) is 3.82. The van der Waals surface area contributed by atoms with E-state index in [2.05, 4.69) is 42.7 Å². The first-order valence-corrected chi connectivity index (χ1v) is 9.91. The summed E-state index contributed by atoms with van der Waals surface area (Å²) >= 11 is 2.72. The molecule has 0 radical (unpaired) electrons. The van der Waals surface area contributed by atoms with Crippen LogP contribution in [-0.4, -0.2) is 30.3 Å². The van der Waals surface area contributed by atoms with Crippen LogP contribution in [0.15, 0.2) is 42.2 Å². The third kappa shape index (κ3) is 3.67. The van der Waals surface area contributed by atoms with Gasteiger partial charge >= 0.3 is 0 Å². The van der Waals surface area contributed by atoms with Crippen LogP contribution in [0.4, 0.5) is 0 Å². The minimum Gasteiger partial charge on any atom is -0.293 e. The predicted molar refractivity (Wildman–Crippen MR) is 106 cm³/mol. The molecule has 3 heterocycles. The Balaban J connectivity index is 1.58. The van der Waals surface area contributed by atoms with Gasteiger partial charge in [-0.05, 0) is 37.0 Å². The number of ketones is 1. The molecule has 0 atom stereocenters. The van der Waals surface area contributed by atoms with E-state index >= 15 is 0 Å². The summed E-state index contributed by atoms with van der Waals surface area (Å²) in [6, 6.07) is 6.20. The molecule has 4 rings (SSSR count). The maximum Gasteiger partial charge on any atom is 0.182 e. The molecule has 4 aromatic rings. The van der Waals surface area contributed by atoms with Gasteiger partial charge in [0.1, 0.15) is 9.88 Å². The Morgan fingerprint density at radius 2 is 2.00 bits per heavy atom. The Bertz CT molecular complexity index is 1090. The van der Waals surface area contributed by atoms with E-state index < -0.39 is 0 Å². The fourth-order valence-corrected chi connectivity index (χ4v) is 3.94. The second-order valence-electron chi connectivity index (χ2n) is 6.05. The van der Waals surface area contributed by atoms with Gasteiger partial charge in [-0.3, -0.25) is 14.8 Å². The zero-order valence-corrected chi connectivity index (χ0v) is 16.3. The number of hydrogen-bond donors (Lipinski definition) is 0. The number of thiazole rings is 1. The van der Waals surface area contributed by atoms with E-state index in [1.54, 1.807) is 36.9 Å². The van der Waals surface area contributed by atoms with Crippen molar-refractivity contribution in [1.82, 2.24) is 24.5 Å². The standard InChI is InChI=1S/C19H15N5OS2/c1-11-3-4-13(19-20-5-6-26-19)7-15(11)16-10-21-14(9-22-16)8-17(25)18-12(2)23-24-27-18/h3-7,9-10H,8H2,1-2H3. The van der Waals surface area contributed by atoms with Crippen LogP contribution < -0.4 is 0 Å². The van der Waals surface area contributed by atoms with E-state index in [1.807, 2.05) is 12.3 Å². The molecule has 1 aromatic carbocycles. The van der Waals surface area contributed by atoms with E-state index in [4.69, 9.17) is 0 Å². The molecule has 8 heteroatoms. The quantitative estimate of drug-likeness (QED) is 0.474. The summed E-state index contributed by atoms with van der Waals surface area (Å²) in [4.78, 5) is 26.2. The molecule has 0 spiro atoms. The smallest absolute Gasteiger partial charge is 0.182 e. The number of aryl methyl sites for hydroxylation is 2. The molecule has 0 amide bonds. The lowest BCUT2D eigenvalue weighted by atomic mass is 10.0. The van der Waals surface area contributed by atoms with Crippen LogP contribution in [0.5, 0.6) is 0 Å². The average molecular weight is 393 g/mol. The maximum atomic E-state index is 12.3. The van der Waals surface area contributed by atoms with E-state index in [-0.39, 0.29) is 12.2 Å². The van der Waals surface area contributed by atoms with Crippen molar-refractivity contribution in [3.63, 3.8) is 0 Å². The highest BCUT2D eigenvalue weighted by molar-refractivity contribution is 7.13. The molecule has 0 aliphatic rings. The number of carbonyl (C=O) groups is 1. The number of hydrogen-bond acceptors (Lipinski definition) is 8. The van der Waals surface area contributed by atoms with E-state index in [1.165, 1.54) is 0 Å². The maximum absolute atomic E-state index is 12.3. The highest BCUT2D eigenvalue weighted by atomic mass is 32.1. The first kappa shape index (κ1) is 17.6. The van der Waals surface area contributed by atoms with Crippen LogP contribution in [0.25, 0.3) is 21.8 Å². The van der Waals surface area contributed by atoms with Crippen molar-refractivity contribution < 1.29 is 4.79 Å². The van der Waals surface area contributed by atoms with Crippen LogP contribution in [0, 0.1) is 13.8 Å². The van der Waals surface area contributed by atoms with E-state index in [0.717, 1.165) is 38.9 Å². The van der Waals surface area contributed by atoms with Gasteiger partial charge in [0, 0.05) is 28.9 Å². The monoisotopic (exact) mass is 393 g/mol. The van der Waals surface area contributed by atoms with Gasteiger partial charge in [-0.15, -0.1) is 16.4 Å². The van der Waals surface area contributed by atoms with Crippen molar-refractivity contribution in [1.29, 1.82) is 0 Å². The Kier molecular flexibility index (Phi) is 4.83. The molecule has 0 fully saturated rings. The zero-order chi connectivity index (χ0) is 18.8. The van der Waals surface area contributed by atoms with Gasteiger partial charge in [0.25, 0.3) is 0 Å². The number of aromatic nitrogens is 5. The van der Waals surface area contributed by atoms with Crippen LogP contribution in [0.3, 0.4) is 0 Å². The summed E-state index contributed by atoms with van der Waals surface area (Å²) in [5, 5.41) is 6.81. The molecular weight excluding hydrogens is 378 g/mol. The van der Waals surface area contributed by atoms with Crippen LogP contribution in [0.2, 0.25) is 0 Å². The first-order valence-electron chi connectivity index (χ1n) is 8.26. The van der Waals surface area contributed by atoms with Crippen LogP contribution >= 0.6 is 22.9 Å². The van der Waals surface area contributed by atoms with E-state index in [0.29, 0.717) is 16.3 Å². The van der Waals surface area contributed by atoms with Gasteiger partial charge in [-0.1, -0.05) is 16.6 Å². The molecule has 0 aliphatic heterocycles. The summed E-state index contributed by atoms with van der Waals surface area (Å²) in [5.41, 5.74) is 5.24. The lowest BCUT2D eigenvalue weighted by Gasteiger charge is -2.08. The van der Waals surface area contributed by atoms with Gasteiger partial charge in [0.2, 0.25) is 0 Å². The second-order valence-corrected chi connectivity index (χ2v) is 7.70. The Hall–Kier alpha value is -2.84. The molecular formula is C19H15N5OS2. The summed E-state index contributed by atoms with van der Waals surface area (Å²) < 4.78 is 3.81. The highest BCUT2D eigenvalue weighted by Gasteiger charge is 2.15. The van der Waals surface area contributed by atoms with Crippen molar-refractivity contribution >= 4 is 28.7 Å². The van der Waals surface area contributed by atoms with Crippen molar-refractivity contribution in [3.05, 3.63) is 64.0 Å². The lowest BCUT2D eigenvalue weighted by molar-refractivity contribution is 0.0995. The molecule has 0 N–H and O–H groups in total. The minimum atomic E-state index is -0.0357. The van der Waals surface area contributed by atoms with Crippen LogP contribution in [0.1, 0.15) is 26.6 Å². The molecule has 27 heavy (non-hydrogen) atoms. The molecule has 3 aromatic heterocycles. The summed E-state index contributed by atoms with van der Waals surface area (Å²) in [5.74, 6) is -0.0357. The third-order valence-corrected chi connectivity index (χ3v) is 5.84. The Labute approximate surface area is 164 Å². The van der Waals surface area contributed by atoms with Gasteiger partial charge < -0.3 is 0 Å². The molecule has 0 bridgehead atoms. The molecule has 0 saturated heterocycles. The lowest BCUT2D eigenvalue weighted by Crippen LogP contribution is -2.05. The first-order chi connectivity index (χ1) is 13.1. The normalized spacial score (nSPS) is 10.9. The second kappa shape index (κ2) is 7.42. The topological polar surface area (TPSA) is 81.5 Å². The number of carbonyl (C=O) groups excluding carboxylic acids is 1. The van der Waals surface area contributed by atoms with Gasteiger partial charge in [-0.2, -0.15) is 0 Å². The number of Topliss-reactive ketones (excluding diaryl/α,β-unsaturated/α-hetero) is 1. The van der Waals surface area contributed by atoms with Crippen molar-refractivity contribution in [2.75, 3.05) is 0 Å². The minimum absolute atomic E-state index is 0.0357. The van der Waals surface area contributed by atoms with Gasteiger partial charge in [0.15, 0.2) is 5.78 Å². The van der Waals surface area contributed by atoms with Gasteiger partial charge in [0.05, 0.1) is 29.7 Å². The SMILES string of the molecule is Cc1ccc(-c2nccs2)cc1-c1cnc(CC(=O)c2snnc2C)cn1. The van der Waals surface area contributed by atoms with E-state index in [9.17, 15) is 4.79 Å². The highest BCUT2D eigenvalue weighted by Crippen LogP contribution is 2.29. The largest absolute Gasteiger partial charge is 0.293 e. The molecule has 6 nitrogen and oxygen atoms in total. The van der Waals surface area contributed by atoms with Crippen molar-refractivity contribution in [3.8, 4) is 21.8 Å². The summed E-state index contributed by atoms with van der Waals surface area (Å²) in [6.07, 6.45) is 5.36. The zero-order valence-electron chi connectivity index (χ0n) is 14.7. The average Bonchev–Trinajstić information content (AvgIpc) is 3.35. The molecule has 0 aliphatic carbocycles. The van der Waals surface area contributed by atoms with Crippen LogP contribution in [-0.2, 0) is 6.42 Å². The third-order valence-electron chi connectivity index (χ3n) is 4.14. The molecule has 0 unspecified atom stereocenters. The molecule has 134 valence electrons. The molecule has 0 saturated carbocycles. The van der Waals surface area contributed by atoms with Gasteiger partial charge in [-0.25, -0.2) is 4.98 Å². The van der Waals surface area contributed by atoms with Crippen molar-refractivity contribution in [2.24, 2.45) is 0 Å². The Morgan fingerprint density at radius 3 is 2.67 bits per heavy atom. The summed E-state index contributed by atoms with van der Waals surface area (Å²) in [7, 11) is 0. The fourth-order valence-electron chi connectivity index (χ4n) is 2.71.